The Morgan fingerprint density at radius 2 is 1.93 bits per heavy atom. The SMILES string of the molecule is CC(C)(C)OC(=O)NCCCCCC(=O)CCl.NC(=O)c1cccnc1Br. The van der Waals surface area contributed by atoms with Gasteiger partial charge in [0.05, 0.1) is 11.4 Å². The number of pyridine rings is 1. The molecule has 0 unspecified atom stereocenters. The van der Waals surface area contributed by atoms with Gasteiger partial charge >= 0.3 is 6.09 Å². The topological polar surface area (TPSA) is 111 Å². The summed E-state index contributed by atoms with van der Waals surface area (Å²) in [6.07, 6.45) is 4.27. The smallest absolute Gasteiger partial charge is 0.407 e. The van der Waals surface area contributed by atoms with Crippen molar-refractivity contribution in [3.63, 3.8) is 0 Å². The summed E-state index contributed by atoms with van der Waals surface area (Å²) in [7, 11) is 0. The molecule has 2 amide bonds. The van der Waals surface area contributed by atoms with Crippen LogP contribution in [0.2, 0.25) is 0 Å². The van der Waals surface area contributed by atoms with Gasteiger partial charge in [0.2, 0.25) is 0 Å². The number of aromatic nitrogens is 1. The Morgan fingerprint density at radius 1 is 1.26 bits per heavy atom. The molecule has 1 aromatic heterocycles. The number of unbranched alkanes of at least 4 members (excludes halogenated alkanes) is 2. The van der Waals surface area contributed by atoms with Crippen molar-refractivity contribution in [2.75, 3.05) is 12.4 Å². The molecule has 152 valence electrons. The van der Waals surface area contributed by atoms with E-state index in [9.17, 15) is 14.4 Å². The fourth-order valence-electron chi connectivity index (χ4n) is 1.77. The molecule has 0 aliphatic heterocycles. The summed E-state index contributed by atoms with van der Waals surface area (Å²) >= 11 is 8.46. The molecule has 0 fully saturated rings. The molecule has 9 heteroatoms. The van der Waals surface area contributed by atoms with E-state index in [4.69, 9.17) is 22.1 Å². The molecular formula is C18H27BrClN3O4. The van der Waals surface area contributed by atoms with Crippen LogP contribution in [0.4, 0.5) is 4.79 Å². The summed E-state index contributed by atoms with van der Waals surface area (Å²) in [5, 5.41) is 2.67. The number of ether oxygens (including phenoxy) is 1. The summed E-state index contributed by atoms with van der Waals surface area (Å²) in [5.74, 6) is -0.303. The normalized spacial score (nSPS) is 10.4. The predicted molar refractivity (Wildman–Crippen MR) is 109 cm³/mol. The van der Waals surface area contributed by atoms with Crippen molar-refractivity contribution >= 4 is 45.3 Å². The van der Waals surface area contributed by atoms with Gasteiger partial charge in [-0.05, 0) is 61.7 Å². The maximum atomic E-state index is 11.2. The van der Waals surface area contributed by atoms with Crippen molar-refractivity contribution in [3.8, 4) is 0 Å². The number of hydrogen-bond donors (Lipinski definition) is 2. The van der Waals surface area contributed by atoms with Gasteiger partial charge in [0.25, 0.3) is 5.91 Å². The summed E-state index contributed by atoms with van der Waals surface area (Å²) in [4.78, 5) is 36.5. The van der Waals surface area contributed by atoms with Crippen molar-refractivity contribution in [3.05, 3.63) is 28.5 Å². The van der Waals surface area contributed by atoms with Gasteiger partial charge in [0.15, 0.2) is 0 Å². The van der Waals surface area contributed by atoms with E-state index >= 15 is 0 Å². The Hall–Kier alpha value is -1.67. The number of carbonyl (C=O) groups excluding carboxylic acids is 3. The Labute approximate surface area is 173 Å². The maximum Gasteiger partial charge on any atom is 0.407 e. The van der Waals surface area contributed by atoms with Gasteiger partial charge in [-0.1, -0.05) is 6.42 Å². The number of carbonyl (C=O) groups is 3. The molecule has 0 aliphatic carbocycles. The summed E-state index contributed by atoms with van der Waals surface area (Å²) in [6, 6.07) is 3.27. The van der Waals surface area contributed by atoms with Crippen molar-refractivity contribution < 1.29 is 19.1 Å². The lowest BCUT2D eigenvalue weighted by atomic mass is 10.1. The van der Waals surface area contributed by atoms with Crippen LogP contribution in [0.1, 0.15) is 56.8 Å². The minimum absolute atomic E-state index is 0.0757. The Balaban J connectivity index is 0.000000569. The first-order chi connectivity index (χ1) is 12.6. The Kier molecular flexibility index (Phi) is 12.7. The molecule has 0 aromatic carbocycles. The molecule has 1 rings (SSSR count). The number of halogens is 2. The second-order valence-corrected chi connectivity index (χ2v) is 7.64. The third-order valence-electron chi connectivity index (χ3n) is 2.97. The van der Waals surface area contributed by atoms with Crippen LogP contribution >= 0.6 is 27.5 Å². The quantitative estimate of drug-likeness (QED) is 0.345. The zero-order valence-electron chi connectivity index (χ0n) is 15.9. The number of Topliss-reactive ketones (excluding diaryl/α,β-unsaturated/α-hetero) is 1. The van der Waals surface area contributed by atoms with E-state index in [1.54, 1.807) is 18.3 Å². The number of alkyl halides is 1. The molecule has 3 N–H and O–H groups in total. The molecule has 27 heavy (non-hydrogen) atoms. The van der Waals surface area contributed by atoms with Crippen molar-refractivity contribution in [1.82, 2.24) is 10.3 Å². The van der Waals surface area contributed by atoms with Gasteiger partial charge in [0, 0.05) is 19.2 Å². The van der Waals surface area contributed by atoms with Gasteiger partial charge in [-0.25, -0.2) is 9.78 Å². The van der Waals surface area contributed by atoms with E-state index in [1.807, 2.05) is 20.8 Å². The number of rotatable bonds is 8. The number of nitrogens with one attached hydrogen (secondary N) is 1. The summed E-state index contributed by atoms with van der Waals surface area (Å²) in [5.41, 5.74) is 4.95. The van der Waals surface area contributed by atoms with Gasteiger partial charge in [-0.3, -0.25) is 9.59 Å². The Morgan fingerprint density at radius 3 is 2.41 bits per heavy atom. The van der Waals surface area contributed by atoms with Crippen LogP contribution in [-0.2, 0) is 9.53 Å². The first kappa shape index (κ1) is 25.3. The molecule has 7 nitrogen and oxygen atoms in total. The molecule has 0 aliphatic rings. The molecule has 0 radical (unpaired) electrons. The third kappa shape index (κ3) is 14.1. The fraction of sp³-hybridized carbons (Fsp3) is 0.556. The van der Waals surface area contributed by atoms with Crippen LogP contribution in [0.15, 0.2) is 22.9 Å². The second kappa shape index (κ2) is 13.5. The monoisotopic (exact) mass is 463 g/mol. The molecule has 0 saturated carbocycles. The fourth-order valence-corrected chi connectivity index (χ4v) is 2.34. The molecular weight excluding hydrogens is 438 g/mol. The second-order valence-electron chi connectivity index (χ2n) is 6.62. The largest absolute Gasteiger partial charge is 0.444 e. The van der Waals surface area contributed by atoms with Crippen LogP contribution in [-0.4, -0.2) is 40.8 Å². The number of amides is 2. The minimum Gasteiger partial charge on any atom is -0.444 e. The van der Waals surface area contributed by atoms with Gasteiger partial charge in [-0.2, -0.15) is 0 Å². The average molecular weight is 465 g/mol. The highest BCUT2D eigenvalue weighted by atomic mass is 79.9. The first-order valence-corrected chi connectivity index (χ1v) is 9.84. The van der Waals surface area contributed by atoms with Crippen LogP contribution in [0.3, 0.4) is 0 Å². The van der Waals surface area contributed by atoms with Crippen molar-refractivity contribution in [2.45, 2.75) is 52.1 Å². The van der Waals surface area contributed by atoms with E-state index < -0.39 is 17.6 Å². The minimum atomic E-state index is -0.472. The Bertz CT molecular complexity index is 621. The maximum absolute atomic E-state index is 11.2. The zero-order chi connectivity index (χ0) is 20.9. The number of ketones is 1. The molecule has 1 aromatic rings. The van der Waals surface area contributed by atoms with Crippen molar-refractivity contribution in [2.24, 2.45) is 5.73 Å². The molecule has 0 atom stereocenters. The lowest BCUT2D eigenvalue weighted by molar-refractivity contribution is -0.116. The number of primary amides is 1. The zero-order valence-corrected chi connectivity index (χ0v) is 18.2. The van der Waals surface area contributed by atoms with Crippen LogP contribution in [0.25, 0.3) is 0 Å². The summed E-state index contributed by atoms with van der Waals surface area (Å²) in [6.45, 7) is 6.04. The van der Waals surface area contributed by atoms with E-state index in [2.05, 4.69) is 26.2 Å². The number of nitrogens with zero attached hydrogens (tertiary/aromatic N) is 1. The highest BCUT2D eigenvalue weighted by molar-refractivity contribution is 9.10. The molecule has 0 saturated heterocycles. The molecule has 0 spiro atoms. The van der Waals surface area contributed by atoms with E-state index in [1.165, 1.54) is 0 Å². The van der Waals surface area contributed by atoms with Crippen molar-refractivity contribution in [1.29, 1.82) is 0 Å². The first-order valence-electron chi connectivity index (χ1n) is 8.51. The van der Waals surface area contributed by atoms with Crippen LogP contribution in [0.5, 0.6) is 0 Å². The average Bonchev–Trinajstić information content (AvgIpc) is 2.56. The van der Waals surface area contributed by atoms with E-state index in [0.29, 0.717) is 23.1 Å². The predicted octanol–water partition coefficient (Wildman–Crippen LogP) is 3.82. The number of hydrogen-bond acceptors (Lipinski definition) is 5. The number of nitrogens with two attached hydrogens (primary N) is 1. The van der Waals surface area contributed by atoms with Crippen LogP contribution < -0.4 is 11.1 Å². The lowest BCUT2D eigenvalue weighted by Gasteiger charge is -2.19. The summed E-state index contributed by atoms with van der Waals surface area (Å²) < 4.78 is 5.57. The van der Waals surface area contributed by atoms with E-state index in [0.717, 1.165) is 19.3 Å². The van der Waals surface area contributed by atoms with Gasteiger partial charge in [-0.15, -0.1) is 11.6 Å². The standard InChI is InChI=1S/C12H22ClNO3.C6H5BrN2O/c1-12(2,3)17-11(16)14-8-6-4-5-7-10(15)9-13;7-5-4(6(8)10)2-1-3-9-5/h4-9H2,1-3H3,(H,14,16);1-3H,(H2,8,10). The van der Waals surface area contributed by atoms with Crippen LogP contribution in [0, 0.1) is 0 Å². The third-order valence-corrected chi connectivity index (χ3v) is 3.90. The van der Waals surface area contributed by atoms with Gasteiger partial charge in [0.1, 0.15) is 16.0 Å². The lowest BCUT2D eigenvalue weighted by Crippen LogP contribution is -2.32. The molecule has 0 bridgehead atoms. The highest BCUT2D eigenvalue weighted by Crippen LogP contribution is 2.10. The van der Waals surface area contributed by atoms with E-state index in [-0.39, 0.29) is 11.7 Å². The highest BCUT2D eigenvalue weighted by Gasteiger charge is 2.15. The molecule has 1 heterocycles. The number of alkyl carbamates (subject to hydrolysis) is 1. The van der Waals surface area contributed by atoms with Gasteiger partial charge < -0.3 is 15.8 Å².